The molecule has 1 aromatic carbocycles. The van der Waals surface area contributed by atoms with Gasteiger partial charge in [0.1, 0.15) is 49.6 Å². The largest absolute Gasteiger partial charge is 0.778 e. The van der Waals surface area contributed by atoms with Crippen LogP contribution in [0.1, 0.15) is 25.1 Å². The lowest BCUT2D eigenvalue weighted by molar-refractivity contribution is -0.745. The highest BCUT2D eigenvalue weighted by molar-refractivity contribution is 7.66. The van der Waals surface area contributed by atoms with Crippen LogP contribution in [-0.2, 0) is 71.2 Å². The Morgan fingerprint density at radius 3 is 2.13 bits per heavy atom. The summed E-state index contributed by atoms with van der Waals surface area (Å²) >= 11 is 0. The first kappa shape index (κ1) is 60.6. The molecule has 3 aliphatic heterocycles. The van der Waals surface area contributed by atoms with Crippen LogP contribution in [0.25, 0.3) is 22.3 Å². The quantitative estimate of drug-likeness (QED) is 0.0248. The number of aromatic amines is 2. The van der Waals surface area contributed by atoms with E-state index >= 15 is 0 Å². The number of H-pyrrole nitrogens is 2. The molecule has 5 aromatic heterocycles. The van der Waals surface area contributed by atoms with Gasteiger partial charge >= 0.3 is 34.8 Å². The van der Waals surface area contributed by atoms with E-state index in [0.717, 1.165) is 41.2 Å². The summed E-state index contributed by atoms with van der Waals surface area (Å²) in [5.41, 5.74) is 7.14. The lowest BCUT2D eigenvalue weighted by atomic mass is 9.94. The normalized spacial score (nSPS) is 28.6. The predicted octanol–water partition coefficient (Wildman–Crippen LogP) is -2.62. The number of ether oxygens (including phenoxy) is 5. The van der Waals surface area contributed by atoms with E-state index in [1.807, 2.05) is 0 Å². The van der Waals surface area contributed by atoms with Crippen molar-refractivity contribution in [3.8, 4) is 5.75 Å². The zero-order valence-electron chi connectivity index (χ0n) is 43.0. The SMILES string of the molecule is CO[C@@H]1[C@H](P(=O)([O-])OC[C@H]2O[C@@H](n3ccc(=O)[nH]c3=O)[C@H](Oc3ccccc3)[C@@H]2O)[C@@H](COP(=O)(O)OP(=O)(O)OP(=O)(O)OC[C@H]2OC([n+]3cn(C)c4c(=O)[nH]c(N)nc43)[C@H](O)[C@@H]2CC(=O)N(C)C)O[C@H]1n1cnc2c(N)ncnc21. The summed E-state index contributed by atoms with van der Waals surface area (Å²) in [6.07, 6.45) is -12.1. The predicted molar refractivity (Wildman–Crippen MR) is 270 cm³/mol. The molecule has 3 saturated heterocycles. The van der Waals surface area contributed by atoms with Crippen molar-refractivity contribution in [2.24, 2.45) is 13.0 Å². The topological polar surface area (TPSA) is 510 Å². The average molecular weight is 1240 g/mol. The highest BCUT2D eigenvalue weighted by Gasteiger charge is 2.55. The number of carbonyl (C=O) groups is 1. The number of fused-ring (bicyclic) bond motifs is 2. The molecule has 446 valence electrons. The minimum absolute atomic E-state index is 0.0109. The molecule has 9 rings (SSSR count). The molecule has 37 nitrogen and oxygen atoms in total. The van der Waals surface area contributed by atoms with Gasteiger partial charge in [-0.3, -0.25) is 47.1 Å². The first-order valence-corrected chi connectivity index (χ1v) is 30.1. The smallest absolute Gasteiger partial charge is 0.490 e. The second-order valence-corrected chi connectivity index (χ2v) is 25.3. The Labute approximate surface area is 459 Å². The maximum atomic E-state index is 14.5. The third-order valence-corrected chi connectivity index (χ3v) is 19.3. The van der Waals surface area contributed by atoms with Crippen LogP contribution in [0.4, 0.5) is 11.8 Å². The van der Waals surface area contributed by atoms with Gasteiger partial charge in [-0.2, -0.15) is 8.62 Å². The minimum atomic E-state index is -6.27. The van der Waals surface area contributed by atoms with E-state index in [0.29, 0.717) is 0 Å². The van der Waals surface area contributed by atoms with Gasteiger partial charge in [0, 0.05) is 45.8 Å². The fraction of sp³-hybridized carbons (Fsp3) is 0.488. The number of methoxy groups -OCH3 is 1. The Kier molecular flexibility index (Phi) is 17.4. The number of anilines is 2. The number of benzene rings is 1. The first-order chi connectivity index (χ1) is 38.6. The van der Waals surface area contributed by atoms with Crippen molar-refractivity contribution in [2.45, 2.75) is 73.5 Å². The number of nitrogen functional groups attached to an aromatic ring is 2. The second kappa shape index (κ2) is 23.6. The molecule has 11 N–H and O–H groups in total. The van der Waals surface area contributed by atoms with Crippen LogP contribution < -0.4 is 42.5 Å². The number of carbonyl (C=O) groups excluding carboxylic acids is 1. The summed E-state index contributed by atoms with van der Waals surface area (Å²) in [4.78, 5) is 119. The minimum Gasteiger partial charge on any atom is -0.778 e. The molecular formula is C41H53N13O24P4. The van der Waals surface area contributed by atoms with Gasteiger partial charge in [-0.15, -0.1) is 0 Å². The van der Waals surface area contributed by atoms with Gasteiger partial charge in [0.2, 0.25) is 17.7 Å². The fourth-order valence-corrected chi connectivity index (χ4v) is 14.7. The number of aliphatic hydroxyl groups is 2. The van der Waals surface area contributed by atoms with Crippen molar-refractivity contribution in [1.29, 1.82) is 0 Å². The number of nitrogens with two attached hydrogens (primary N) is 2. The number of phosphoric ester groups is 2. The molecule has 0 saturated carbocycles. The maximum Gasteiger partial charge on any atom is 0.490 e. The van der Waals surface area contributed by atoms with E-state index in [1.165, 1.54) is 53.6 Å². The number of phosphoric acid groups is 3. The maximum absolute atomic E-state index is 14.5. The third kappa shape index (κ3) is 12.7. The number of rotatable bonds is 22. The van der Waals surface area contributed by atoms with Crippen LogP contribution >= 0.6 is 31.1 Å². The van der Waals surface area contributed by atoms with Crippen molar-refractivity contribution >= 4 is 71.1 Å². The molecule has 82 heavy (non-hydrogen) atoms. The van der Waals surface area contributed by atoms with Crippen molar-refractivity contribution in [2.75, 3.05) is 52.5 Å². The lowest BCUT2D eigenvalue weighted by Crippen LogP contribution is -2.45. The first-order valence-electron chi connectivity index (χ1n) is 24.0. The van der Waals surface area contributed by atoms with E-state index in [9.17, 15) is 67.2 Å². The molecule has 41 heteroatoms. The molecular weight excluding hydrogens is 1180 g/mol. The Hall–Kier alpha value is -6.01. The Morgan fingerprint density at radius 1 is 0.829 bits per heavy atom. The molecule has 5 unspecified atom stereocenters. The van der Waals surface area contributed by atoms with Crippen LogP contribution in [0.2, 0.25) is 0 Å². The van der Waals surface area contributed by atoms with Gasteiger partial charge in [0.05, 0.1) is 51.1 Å². The van der Waals surface area contributed by atoms with E-state index in [4.69, 9.17) is 48.7 Å². The molecule has 6 aromatic rings. The van der Waals surface area contributed by atoms with Crippen LogP contribution in [-0.4, -0.2) is 169 Å². The summed E-state index contributed by atoms with van der Waals surface area (Å²) in [5.74, 6) is -2.03. The highest BCUT2D eigenvalue weighted by Crippen LogP contribution is 2.68. The summed E-state index contributed by atoms with van der Waals surface area (Å²) in [5, 5.41) is 23.0. The van der Waals surface area contributed by atoms with Gasteiger partial charge in [-0.25, -0.2) is 38.0 Å². The number of para-hydroxylation sites is 1. The number of hydrogen-bond acceptors (Lipinski definition) is 27. The summed E-state index contributed by atoms with van der Waals surface area (Å²) in [6, 6.07) is 8.91. The molecule has 3 fully saturated rings. The average Bonchev–Trinajstić information content (AvgIpc) is 3.76. The summed E-state index contributed by atoms with van der Waals surface area (Å²) in [7, 11) is -18.5. The highest BCUT2D eigenvalue weighted by atomic mass is 31.3. The number of aryl methyl sites for hydroxylation is 1. The molecule has 0 bridgehead atoms. The Morgan fingerprint density at radius 2 is 1.48 bits per heavy atom. The standard InChI is InChI=1S/C41H53N13O24P4/c1-50(2)25(56)12-20-21(74-37(28(20)57)54-18-51(3)27-35(54)48-40(43)49-36(27)59)13-71-80(63,64)77-82(67,68)78-81(65,66)72-15-23-32(31(69-4)39(76-23)53-17-46-26-33(42)44-16-45-34(26)53)79(61,62)70-14-22-29(58)30(73-19-8-6-5-7-9-19)38(75-22)52-11-10-24(55)47-41(52)60/h5-11,16-18,20-23,28-32,37-39,57-58H,12-15H2,1-4H3,(H9-,42,43,44,45,47,48,49,55,59,60,61,62,63,64,65,66,67,68)/t20-,21-,22-,23-,28-,29-,30-,31-,32-,37?,38-,39-/m1/s1. The number of aliphatic hydroxyl groups excluding tert-OH is 2. The molecule has 3 aliphatic rings. The Balaban J connectivity index is 0.910. The van der Waals surface area contributed by atoms with E-state index in [2.05, 4.69) is 38.5 Å². The zero-order chi connectivity index (χ0) is 59.4. The monoisotopic (exact) mass is 1240 g/mol. The summed E-state index contributed by atoms with van der Waals surface area (Å²) < 4.78 is 113. The van der Waals surface area contributed by atoms with Crippen molar-refractivity contribution in [3.63, 3.8) is 0 Å². The number of aromatic nitrogens is 10. The van der Waals surface area contributed by atoms with Gasteiger partial charge in [-0.05, 0) is 12.1 Å². The number of amides is 1. The van der Waals surface area contributed by atoms with Crippen molar-refractivity contribution < 1.29 is 103 Å². The lowest BCUT2D eigenvalue weighted by Gasteiger charge is -2.35. The van der Waals surface area contributed by atoms with Crippen molar-refractivity contribution in [3.05, 3.63) is 92.8 Å². The van der Waals surface area contributed by atoms with Gasteiger partial charge in [0.15, 0.2) is 36.4 Å². The molecule has 0 aliphatic carbocycles. The van der Waals surface area contributed by atoms with Crippen LogP contribution in [0.5, 0.6) is 5.75 Å². The van der Waals surface area contributed by atoms with Gasteiger partial charge < -0.3 is 78.9 Å². The summed E-state index contributed by atoms with van der Waals surface area (Å²) in [6.45, 7) is -3.43. The van der Waals surface area contributed by atoms with E-state index < -0.39 is 153 Å². The molecule has 8 heterocycles. The molecule has 0 spiro atoms. The number of imidazole rings is 2. The van der Waals surface area contributed by atoms with Crippen LogP contribution in [0.15, 0.2) is 76.0 Å². The zero-order valence-corrected chi connectivity index (χ0v) is 46.6. The Bertz CT molecular complexity index is 3730. The molecule has 0 radical (unpaired) electrons. The second-order valence-electron chi connectivity index (χ2n) is 18.8. The molecule has 16 atom stereocenters. The van der Waals surface area contributed by atoms with Gasteiger partial charge in [-0.1, -0.05) is 23.2 Å². The number of hydrogen-bond donors (Lipinski definition) is 9. The van der Waals surface area contributed by atoms with Gasteiger partial charge in [0.25, 0.3) is 17.1 Å². The fourth-order valence-electron chi connectivity index (χ4n) is 9.46. The van der Waals surface area contributed by atoms with Crippen LogP contribution in [0.3, 0.4) is 0 Å². The third-order valence-electron chi connectivity index (χ3n) is 13.2. The van der Waals surface area contributed by atoms with Crippen LogP contribution in [0, 0.1) is 5.92 Å². The van der Waals surface area contributed by atoms with E-state index in [-0.39, 0.29) is 39.8 Å². The number of nitrogens with zero attached hydrogens (tertiary/aromatic N) is 9. The molecule has 1 amide bonds. The van der Waals surface area contributed by atoms with Crippen molar-refractivity contribution in [1.82, 2.24) is 48.5 Å². The number of nitrogens with one attached hydrogen (secondary N) is 2. The van der Waals surface area contributed by atoms with E-state index in [1.54, 1.807) is 18.2 Å².